The Kier molecular flexibility index (Phi) is 5.68. The number of hydrogen-bond donors (Lipinski definition) is 2. The minimum atomic E-state index is -4.87. The summed E-state index contributed by atoms with van der Waals surface area (Å²) in [6.45, 7) is 5.07. The summed E-state index contributed by atoms with van der Waals surface area (Å²) in [5, 5.41) is 5.38. The van der Waals surface area contributed by atoms with Crippen LogP contribution in [0.3, 0.4) is 0 Å². The first-order valence-electron chi connectivity index (χ1n) is 7.98. The monoisotopic (exact) mass is 328 g/mol. The van der Waals surface area contributed by atoms with Crippen LogP contribution in [0, 0.1) is 11.8 Å². The van der Waals surface area contributed by atoms with Crippen molar-refractivity contribution in [2.24, 2.45) is 11.8 Å². The Morgan fingerprint density at radius 2 is 2.00 bits per heavy atom. The summed E-state index contributed by atoms with van der Waals surface area (Å²) in [5.41, 5.74) is 1.02. The molecule has 0 aromatic heterocycles. The molecule has 1 aromatic rings. The maximum absolute atomic E-state index is 12.3. The van der Waals surface area contributed by atoms with Crippen molar-refractivity contribution >= 4 is 11.6 Å². The van der Waals surface area contributed by atoms with Gasteiger partial charge in [-0.1, -0.05) is 38.8 Å². The highest BCUT2D eigenvalue weighted by molar-refractivity contribution is 5.94. The van der Waals surface area contributed by atoms with Crippen LogP contribution in [0.4, 0.5) is 18.9 Å². The van der Waals surface area contributed by atoms with E-state index in [4.69, 9.17) is 0 Å². The lowest BCUT2D eigenvalue weighted by Gasteiger charge is -2.34. The van der Waals surface area contributed by atoms with Crippen LogP contribution in [0.15, 0.2) is 24.3 Å². The van der Waals surface area contributed by atoms with E-state index in [2.05, 4.69) is 19.2 Å². The lowest BCUT2D eigenvalue weighted by Crippen LogP contribution is -2.40. The molecule has 0 saturated heterocycles. The quantitative estimate of drug-likeness (QED) is 0.873. The SMILES string of the molecule is CC1CCCC(NCc2cccc(NC(=O)C(F)(F)F)c2)C1C. The van der Waals surface area contributed by atoms with Gasteiger partial charge in [-0.25, -0.2) is 0 Å². The highest BCUT2D eigenvalue weighted by Crippen LogP contribution is 2.29. The summed E-state index contributed by atoms with van der Waals surface area (Å²) >= 11 is 0. The maximum Gasteiger partial charge on any atom is 0.471 e. The van der Waals surface area contributed by atoms with Crippen molar-refractivity contribution in [1.29, 1.82) is 0 Å². The van der Waals surface area contributed by atoms with Gasteiger partial charge in [0.2, 0.25) is 0 Å². The van der Waals surface area contributed by atoms with Crippen LogP contribution < -0.4 is 10.6 Å². The first-order valence-corrected chi connectivity index (χ1v) is 7.98. The van der Waals surface area contributed by atoms with E-state index in [1.807, 2.05) is 11.4 Å². The Hall–Kier alpha value is -1.56. The van der Waals surface area contributed by atoms with Gasteiger partial charge < -0.3 is 10.6 Å². The van der Waals surface area contributed by atoms with Crippen LogP contribution in [0.1, 0.15) is 38.7 Å². The maximum atomic E-state index is 12.3. The molecule has 23 heavy (non-hydrogen) atoms. The molecule has 1 saturated carbocycles. The Bertz CT molecular complexity index is 545. The van der Waals surface area contributed by atoms with Crippen LogP contribution >= 0.6 is 0 Å². The Morgan fingerprint density at radius 3 is 2.70 bits per heavy atom. The van der Waals surface area contributed by atoms with E-state index in [0.717, 1.165) is 12.0 Å². The number of carbonyl (C=O) groups is 1. The lowest BCUT2D eigenvalue weighted by molar-refractivity contribution is -0.167. The number of hydrogen-bond acceptors (Lipinski definition) is 2. The van der Waals surface area contributed by atoms with E-state index >= 15 is 0 Å². The predicted molar refractivity (Wildman–Crippen MR) is 83.9 cm³/mol. The Labute approximate surface area is 134 Å². The summed E-state index contributed by atoms with van der Waals surface area (Å²) in [6.07, 6.45) is -1.30. The molecule has 3 nitrogen and oxygen atoms in total. The molecule has 1 amide bonds. The minimum Gasteiger partial charge on any atom is -0.318 e. The van der Waals surface area contributed by atoms with Gasteiger partial charge in [-0.15, -0.1) is 0 Å². The van der Waals surface area contributed by atoms with Gasteiger partial charge in [0.15, 0.2) is 0 Å². The third-order valence-electron chi connectivity index (χ3n) is 4.72. The zero-order valence-corrected chi connectivity index (χ0v) is 13.4. The first-order chi connectivity index (χ1) is 10.8. The summed E-state index contributed by atoms with van der Waals surface area (Å²) in [7, 11) is 0. The fourth-order valence-electron chi connectivity index (χ4n) is 3.08. The van der Waals surface area contributed by atoms with Crippen LogP contribution in [0.2, 0.25) is 0 Å². The van der Waals surface area contributed by atoms with Gasteiger partial charge in [0, 0.05) is 18.3 Å². The van der Waals surface area contributed by atoms with E-state index in [-0.39, 0.29) is 5.69 Å². The molecular formula is C17H23F3N2O. The number of anilines is 1. The number of rotatable bonds is 4. The molecule has 0 heterocycles. The van der Waals surface area contributed by atoms with Gasteiger partial charge in [-0.05, 0) is 36.0 Å². The predicted octanol–water partition coefficient (Wildman–Crippen LogP) is 4.10. The number of halogens is 3. The molecule has 6 heteroatoms. The largest absolute Gasteiger partial charge is 0.471 e. The number of amides is 1. The first kappa shape index (κ1) is 17.8. The van der Waals surface area contributed by atoms with E-state index < -0.39 is 12.1 Å². The molecule has 128 valence electrons. The second-order valence-corrected chi connectivity index (χ2v) is 6.41. The van der Waals surface area contributed by atoms with Crippen molar-refractivity contribution in [3.63, 3.8) is 0 Å². The molecule has 3 atom stereocenters. The minimum absolute atomic E-state index is 0.164. The number of benzene rings is 1. The molecule has 1 aliphatic carbocycles. The molecule has 0 bridgehead atoms. The van der Waals surface area contributed by atoms with Gasteiger partial charge >= 0.3 is 12.1 Å². The fourth-order valence-corrected chi connectivity index (χ4v) is 3.08. The van der Waals surface area contributed by atoms with E-state index in [9.17, 15) is 18.0 Å². The van der Waals surface area contributed by atoms with Crippen molar-refractivity contribution in [1.82, 2.24) is 5.32 Å². The van der Waals surface area contributed by atoms with Crippen molar-refractivity contribution in [3.05, 3.63) is 29.8 Å². The van der Waals surface area contributed by atoms with E-state index in [1.54, 1.807) is 12.1 Å². The van der Waals surface area contributed by atoms with Gasteiger partial charge in [-0.2, -0.15) is 13.2 Å². The summed E-state index contributed by atoms with van der Waals surface area (Å²) < 4.78 is 36.8. The van der Waals surface area contributed by atoms with Crippen LogP contribution in [0.5, 0.6) is 0 Å². The molecule has 1 aromatic carbocycles. The normalized spacial score (nSPS) is 25.2. The third kappa shape index (κ3) is 4.96. The summed E-state index contributed by atoms with van der Waals surface area (Å²) in [4.78, 5) is 11.0. The number of carbonyl (C=O) groups excluding carboxylic acids is 1. The Balaban J connectivity index is 1.94. The fraction of sp³-hybridized carbons (Fsp3) is 0.588. The Morgan fingerprint density at radius 1 is 1.26 bits per heavy atom. The van der Waals surface area contributed by atoms with Crippen molar-refractivity contribution < 1.29 is 18.0 Å². The third-order valence-corrected chi connectivity index (χ3v) is 4.72. The summed E-state index contributed by atoms with van der Waals surface area (Å²) in [5.74, 6) is -0.687. The van der Waals surface area contributed by atoms with Gasteiger partial charge in [0.25, 0.3) is 0 Å². The van der Waals surface area contributed by atoms with Gasteiger partial charge in [0.05, 0.1) is 0 Å². The van der Waals surface area contributed by atoms with Gasteiger partial charge in [-0.3, -0.25) is 4.79 Å². The van der Waals surface area contributed by atoms with Crippen molar-refractivity contribution in [2.45, 2.75) is 51.9 Å². The smallest absolute Gasteiger partial charge is 0.318 e. The topological polar surface area (TPSA) is 41.1 Å². The zero-order chi connectivity index (χ0) is 17.0. The second kappa shape index (κ2) is 7.34. The second-order valence-electron chi connectivity index (χ2n) is 6.41. The van der Waals surface area contributed by atoms with Gasteiger partial charge in [0.1, 0.15) is 0 Å². The average Bonchev–Trinajstić information content (AvgIpc) is 2.48. The highest BCUT2D eigenvalue weighted by Gasteiger charge is 2.38. The van der Waals surface area contributed by atoms with Crippen LogP contribution in [0.25, 0.3) is 0 Å². The molecule has 0 aliphatic heterocycles. The molecule has 3 unspecified atom stereocenters. The van der Waals surface area contributed by atoms with E-state index in [0.29, 0.717) is 24.4 Å². The van der Waals surface area contributed by atoms with Crippen LogP contribution in [-0.2, 0) is 11.3 Å². The molecule has 0 radical (unpaired) electrons. The average molecular weight is 328 g/mol. The lowest BCUT2D eigenvalue weighted by atomic mass is 9.78. The van der Waals surface area contributed by atoms with Crippen LogP contribution in [-0.4, -0.2) is 18.1 Å². The number of alkyl halides is 3. The van der Waals surface area contributed by atoms with Crippen molar-refractivity contribution in [2.75, 3.05) is 5.32 Å². The zero-order valence-electron chi connectivity index (χ0n) is 13.4. The highest BCUT2D eigenvalue weighted by atomic mass is 19.4. The summed E-state index contributed by atoms with van der Waals surface area (Å²) in [6, 6.07) is 6.95. The van der Waals surface area contributed by atoms with Crippen molar-refractivity contribution in [3.8, 4) is 0 Å². The molecule has 1 aliphatic rings. The molecule has 0 spiro atoms. The van der Waals surface area contributed by atoms with E-state index in [1.165, 1.54) is 18.9 Å². The standard InChI is InChI=1S/C17H23F3N2O/c1-11-5-3-8-15(12(11)2)21-10-13-6-4-7-14(9-13)22-16(23)17(18,19)20/h4,6-7,9,11-12,15,21H,3,5,8,10H2,1-2H3,(H,22,23). The molecule has 2 rings (SSSR count). The molecule has 1 fully saturated rings. The molecular weight excluding hydrogens is 305 g/mol. The molecule has 2 N–H and O–H groups in total. The number of nitrogens with one attached hydrogen (secondary N) is 2.